The minimum Gasteiger partial charge on any atom is -0.428 e. The van der Waals surface area contributed by atoms with Gasteiger partial charge in [0.15, 0.2) is 0 Å². The highest BCUT2D eigenvalue weighted by atomic mass is 17.2. The Morgan fingerprint density at radius 2 is 0.878 bits per heavy atom. The van der Waals surface area contributed by atoms with Crippen molar-refractivity contribution in [3.05, 3.63) is 70.8 Å². The van der Waals surface area contributed by atoms with Gasteiger partial charge >= 0.3 is 24.2 Å². The number of aryl methyl sites for hydroxylation is 2. The Balaban J connectivity index is 1.06. The largest absolute Gasteiger partial charge is 0.550 e. The Labute approximate surface area is 239 Å². The van der Waals surface area contributed by atoms with Gasteiger partial charge in [0.05, 0.1) is 11.1 Å². The molecular formula is C31H36O10. The van der Waals surface area contributed by atoms with Gasteiger partial charge in [0.2, 0.25) is 0 Å². The molecule has 0 bridgehead atoms. The fourth-order valence-corrected chi connectivity index (χ4v) is 5.37. The molecule has 0 heterocycles. The van der Waals surface area contributed by atoms with Crippen molar-refractivity contribution in [1.82, 2.24) is 0 Å². The van der Waals surface area contributed by atoms with Crippen LogP contribution in [0, 0.1) is 25.7 Å². The summed E-state index contributed by atoms with van der Waals surface area (Å²) in [4.78, 5) is 66.2. The first-order chi connectivity index (χ1) is 19.7. The van der Waals surface area contributed by atoms with Gasteiger partial charge in [-0.1, -0.05) is 35.4 Å². The van der Waals surface area contributed by atoms with Crippen LogP contribution in [0.4, 0.5) is 9.59 Å². The number of hydrogen-bond donors (Lipinski definition) is 0. The SMILES string of the molecule is Cc1ccc(C(=O)OOC(=O)OC2CCC(CC3CCC(OC(=O)OOC(=O)c4ccc(C)cc4)CC3)CC2)cc1. The Kier molecular flexibility index (Phi) is 10.6. The van der Waals surface area contributed by atoms with E-state index in [-0.39, 0.29) is 23.3 Å². The Morgan fingerprint density at radius 3 is 1.22 bits per heavy atom. The molecular weight excluding hydrogens is 532 g/mol. The van der Waals surface area contributed by atoms with Gasteiger partial charge in [-0.25, -0.2) is 29.1 Å². The normalized spacial score (nSPS) is 22.1. The van der Waals surface area contributed by atoms with Crippen LogP contribution < -0.4 is 0 Å². The Morgan fingerprint density at radius 1 is 0.537 bits per heavy atom. The number of hydrogen-bond acceptors (Lipinski definition) is 10. The number of carbonyl (C=O) groups is 4. The maximum Gasteiger partial charge on any atom is 0.550 e. The average molecular weight is 569 g/mol. The van der Waals surface area contributed by atoms with Crippen LogP contribution in [-0.2, 0) is 29.0 Å². The van der Waals surface area contributed by atoms with Crippen molar-refractivity contribution >= 4 is 24.2 Å². The lowest BCUT2D eigenvalue weighted by Crippen LogP contribution is -2.28. The second kappa shape index (κ2) is 14.5. The topological polar surface area (TPSA) is 124 Å². The zero-order valence-corrected chi connectivity index (χ0v) is 23.4. The van der Waals surface area contributed by atoms with E-state index in [2.05, 4.69) is 19.6 Å². The van der Waals surface area contributed by atoms with Gasteiger partial charge in [0.25, 0.3) is 0 Å². The van der Waals surface area contributed by atoms with Crippen molar-refractivity contribution in [3.63, 3.8) is 0 Å². The molecule has 2 aromatic rings. The lowest BCUT2D eigenvalue weighted by atomic mass is 9.76. The molecule has 0 aliphatic heterocycles. The standard InChI is InChI=1S/C31H36O10/c1-20-3-11-24(12-4-20)28(32)38-40-30(34)36-26-15-7-22(8-16-26)19-23-9-17-27(18-10-23)37-31(35)41-39-29(33)25-13-5-21(2)6-14-25/h3-6,11-14,22-23,26-27H,7-10,15-19H2,1-2H3. The van der Waals surface area contributed by atoms with Crippen molar-refractivity contribution in [2.45, 2.75) is 83.8 Å². The highest BCUT2D eigenvalue weighted by Gasteiger charge is 2.30. The summed E-state index contributed by atoms with van der Waals surface area (Å²) in [5.41, 5.74) is 2.56. The summed E-state index contributed by atoms with van der Waals surface area (Å²) in [6.45, 7) is 3.80. The van der Waals surface area contributed by atoms with Gasteiger partial charge in [-0.05, 0) is 108 Å². The first kappa shape index (κ1) is 29.9. The molecule has 0 saturated heterocycles. The van der Waals surface area contributed by atoms with E-state index in [1.807, 2.05) is 13.8 Å². The summed E-state index contributed by atoms with van der Waals surface area (Å²) in [7, 11) is 0. The minimum atomic E-state index is -1.02. The molecule has 0 radical (unpaired) electrons. The van der Waals surface area contributed by atoms with E-state index >= 15 is 0 Å². The van der Waals surface area contributed by atoms with E-state index in [1.54, 1.807) is 48.5 Å². The maximum atomic E-state index is 12.0. The molecule has 2 aromatic carbocycles. The molecule has 2 aliphatic carbocycles. The smallest absolute Gasteiger partial charge is 0.428 e. The highest BCUT2D eigenvalue weighted by Crippen LogP contribution is 2.36. The summed E-state index contributed by atoms with van der Waals surface area (Å²) < 4.78 is 10.6. The molecule has 0 atom stereocenters. The third kappa shape index (κ3) is 9.51. The molecule has 0 aromatic heterocycles. The van der Waals surface area contributed by atoms with Crippen LogP contribution in [0.2, 0.25) is 0 Å². The molecule has 2 aliphatic rings. The van der Waals surface area contributed by atoms with E-state index in [0.717, 1.165) is 68.9 Å². The van der Waals surface area contributed by atoms with Gasteiger partial charge in [-0.3, -0.25) is 0 Å². The average Bonchev–Trinajstić information content (AvgIpc) is 2.97. The first-order valence-electron chi connectivity index (χ1n) is 14.1. The molecule has 10 heteroatoms. The Hall–Kier alpha value is -4.08. The molecule has 10 nitrogen and oxygen atoms in total. The van der Waals surface area contributed by atoms with Crippen molar-refractivity contribution < 1.29 is 48.2 Å². The van der Waals surface area contributed by atoms with E-state index < -0.39 is 24.2 Å². The number of rotatable bonds is 6. The number of benzene rings is 2. The van der Waals surface area contributed by atoms with Gasteiger partial charge in [0, 0.05) is 0 Å². The van der Waals surface area contributed by atoms with Crippen LogP contribution in [0.25, 0.3) is 0 Å². The summed E-state index contributed by atoms with van der Waals surface area (Å²) >= 11 is 0. The summed E-state index contributed by atoms with van der Waals surface area (Å²) in [5, 5.41) is 0. The number of ether oxygens (including phenoxy) is 2. The predicted octanol–water partition coefficient (Wildman–Crippen LogP) is 6.96. The lowest BCUT2D eigenvalue weighted by Gasteiger charge is -2.33. The zero-order chi connectivity index (χ0) is 29.2. The molecule has 0 N–H and O–H groups in total. The molecule has 0 spiro atoms. The van der Waals surface area contributed by atoms with Gasteiger partial charge in [-0.15, -0.1) is 0 Å². The van der Waals surface area contributed by atoms with Crippen molar-refractivity contribution in [3.8, 4) is 0 Å². The third-order valence-electron chi connectivity index (χ3n) is 7.73. The summed E-state index contributed by atoms with van der Waals surface area (Å²) in [5.74, 6) is -0.467. The molecule has 4 rings (SSSR count). The van der Waals surface area contributed by atoms with Crippen LogP contribution in [0.15, 0.2) is 48.5 Å². The number of carbonyl (C=O) groups excluding carboxylic acids is 4. The summed E-state index contributed by atoms with van der Waals surface area (Å²) in [6.07, 6.45) is 5.07. The van der Waals surface area contributed by atoms with E-state index in [9.17, 15) is 19.2 Å². The second-order valence-corrected chi connectivity index (χ2v) is 10.9. The fourth-order valence-electron chi connectivity index (χ4n) is 5.37. The van der Waals surface area contributed by atoms with Gasteiger partial charge < -0.3 is 9.47 Å². The maximum absolute atomic E-state index is 12.0. The quantitative estimate of drug-likeness (QED) is 0.205. The molecule has 41 heavy (non-hydrogen) atoms. The van der Waals surface area contributed by atoms with Gasteiger partial charge in [-0.2, -0.15) is 9.59 Å². The van der Waals surface area contributed by atoms with Crippen LogP contribution in [-0.4, -0.2) is 36.5 Å². The molecule has 0 amide bonds. The second-order valence-electron chi connectivity index (χ2n) is 10.9. The summed E-state index contributed by atoms with van der Waals surface area (Å²) in [6, 6.07) is 13.4. The highest BCUT2D eigenvalue weighted by molar-refractivity contribution is 5.89. The monoisotopic (exact) mass is 568 g/mol. The van der Waals surface area contributed by atoms with Gasteiger partial charge in [0.1, 0.15) is 12.2 Å². The van der Waals surface area contributed by atoms with Crippen LogP contribution >= 0.6 is 0 Å². The Bertz CT molecular complexity index is 1080. The van der Waals surface area contributed by atoms with E-state index in [4.69, 9.17) is 9.47 Å². The predicted molar refractivity (Wildman–Crippen MR) is 144 cm³/mol. The van der Waals surface area contributed by atoms with E-state index in [1.165, 1.54) is 0 Å². The zero-order valence-electron chi connectivity index (χ0n) is 23.4. The van der Waals surface area contributed by atoms with Crippen molar-refractivity contribution in [2.75, 3.05) is 0 Å². The van der Waals surface area contributed by atoms with Crippen molar-refractivity contribution in [2.24, 2.45) is 11.8 Å². The molecule has 2 fully saturated rings. The van der Waals surface area contributed by atoms with E-state index in [0.29, 0.717) is 11.8 Å². The first-order valence-corrected chi connectivity index (χ1v) is 14.1. The molecule has 220 valence electrons. The molecule has 2 saturated carbocycles. The van der Waals surface area contributed by atoms with Crippen LogP contribution in [0.1, 0.15) is 89.6 Å². The van der Waals surface area contributed by atoms with Crippen LogP contribution in [0.5, 0.6) is 0 Å². The van der Waals surface area contributed by atoms with Crippen LogP contribution in [0.3, 0.4) is 0 Å². The lowest BCUT2D eigenvalue weighted by molar-refractivity contribution is -0.208. The molecule has 0 unspecified atom stereocenters. The minimum absolute atomic E-state index is 0.271. The van der Waals surface area contributed by atoms with Crippen molar-refractivity contribution in [1.29, 1.82) is 0 Å². The third-order valence-corrected chi connectivity index (χ3v) is 7.73. The fraction of sp³-hybridized carbons (Fsp3) is 0.484.